The largest absolute Gasteiger partial charge is 0.449 e. The second kappa shape index (κ2) is 8.75. The van der Waals surface area contributed by atoms with Crippen LogP contribution in [0.25, 0.3) is 6.08 Å². The second-order valence-corrected chi connectivity index (χ2v) is 7.19. The van der Waals surface area contributed by atoms with Crippen LogP contribution in [0, 0.1) is 5.82 Å². The summed E-state index contributed by atoms with van der Waals surface area (Å²) in [5, 5.41) is 4.62. The highest BCUT2D eigenvalue weighted by Crippen LogP contribution is 2.16. The van der Waals surface area contributed by atoms with Crippen LogP contribution >= 0.6 is 15.9 Å². The molecule has 0 saturated heterocycles. The van der Waals surface area contributed by atoms with Crippen LogP contribution in [0.4, 0.5) is 9.18 Å². The summed E-state index contributed by atoms with van der Waals surface area (Å²) in [6, 6.07) is 3.58. The highest BCUT2D eigenvalue weighted by atomic mass is 79.9. The number of amides is 3. The molecule has 136 valence electrons. The van der Waals surface area contributed by atoms with Gasteiger partial charge in [0.1, 0.15) is 5.82 Å². The van der Waals surface area contributed by atoms with E-state index in [1.54, 1.807) is 20.8 Å². The molecule has 0 heterocycles. The number of esters is 1. The van der Waals surface area contributed by atoms with Crippen molar-refractivity contribution in [3.63, 3.8) is 0 Å². The normalized spacial score (nSPS) is 12.6. The van der Waals surface area contributed by atoms with E-state index in [0.717, 1.165) is 6.08 Å². The second-order valence-electron chi connectivity index (χ2n) is 6.27. The molecule has 0 unspecified atom stereocenters. The van der Waals surface area contributed by atoms with Crippen LogP contribution in [0.5, 0.6) is 0 Å². The molecule has 0 spiro atoms. The third kappa shape index (κ3) is 7.93. The molecule has 0 aliphatic rings. The van der Waals surface area contributed by atoms with Crippen molar-refractivity contribution < 1.29 is 23.5 Å². The minimum Gasteiger partial charge on any atom is -0.449 e. The van der Waals surface area contributed by atoms with Crippen LogP contribution in [0.2, 0.25) is 0 Å². The monoisotopic (exact) mass is 414 g/mol. The summed E-state index contributed by atoms with van der Waals surface area (Å²) in [5.41, 5.74) is -0.325. The fraction of sp³-hybridized carbons (Fsp3) is 0.353. The van der Waals surface area contributed by atoms with Gasteiger partial charge in [0.2, 0.25) is 0 Å². The van der Waals surface area contributed by atoms with Gasteiger partial charge in [0.05, 0.1) is 0 Å². The number of carbonyl (C=O) groups excluding carboxylic acids is 3. The van der Waals surface area contributed by atoms with Gasteiger partial charge in [-0.05, 0) is 52.0 Å². The van der Waals surface area contributed by atoms with Gasteiger partial charge in [-0.15, -0.1) is 0 Å². The number of hydrogen-bond acceptors (Lipinski definition) is 4. The lowest BCUT2D eigenvalue weighted by molar-refractivity contribution is -0.149. The highest BCUT2D eigenvalue weighted by molar-refractivity contribution is 9.10. The van der Waals surface area contributed by atoms with Crippen molar-refractivity contribution in [1.82, 2.24) is 10.6 Å². The number of imide groups is 1. The van der Waals surface area contributed by atoms with E-state index in [1.165, 1.54) is 31.2 Å². The van der Waals surface area contributed by atoms with Crippen molar-refractivity contribution in [1.29, 1.82) is 0 Å². The summed E-state index contributed by atoms with van der Waals surface area (Å²) in [7, 11) is 0. The fourth-order valence-corrected chi connectivity index (χ4v) is 2.03. The van der Waals surface area contributed by atoms with Gasteiger partial charge < -0.3 is 10.1 Å². The third-order valence-corrected chi connectivity index (χ3v) is 3.24. The summed E-state index contributed by atoms with van der Waals surface area (Å²) in [6.45, 7) is 6.59. The van der Waals surface area contributed by atoms with Crippen LogP contribution in [-0.4, -0.2) is 29.6 Å². The van der Waals surface area contributed by atoms with Crippen molar-refractivity contribution >= 4 is 39.9 Å². The summed E-state index contributed by atoms with van der Waals surface area (Å²) < 4.78 is 19.1. The number of halogens is 2. The molecule has 0 bridgehead atoms. The highest BCUT2D eigenvalue weighted by Gasteiger charge is 2.21. The molecular weight excluding hydrogens is 395 g/mol. The molecule has 0 saturated carbocycles. The molecule has 8 heteroatoms. The van der Waals surface area contributed by atoms with Crippen molar-refractivity contribution in [3.05, 3.63) is 40.1 Å². The van der Waals surface area contributed by atoms with E-state index in [-0.39, 0.29) is 5.56 Å². The lowest BCUT2D eigenvalue weighted by atomic mass is 10.1. The predicted molar refractivity (Wildman–Crippen MR) is 95.1 cm³/mol. The first-order valence-electron chi connectivity index (χ1n) is 7.44. The van der Waals surface area contributed by atoms with E-state index in [2.05, 4.69) is 26.6 Å². The lowest BCUT2D eigenvalue weighted by Gasteiger charge is -2.21. The molecule has 0 fully saturated rings. The zero-order valence-corrected chi connectivity index (χ0v) is 15.9. The summed E-state index contributed by atoms with van der Waals surface area (Å²) in [5.74, 6) is -2.10. The van der Waals surface area contributed by atoms with Gasteiger partial charge in [-0.1, -0.05) is 15.9 Å². The van der Waals surface area contributed by atoms with Gasteiger partial charge in [0, 0.05) is 21.7 Å². The Labute approximate surface area is 153 Å². The van der Waals surface area contributed by atoms with Crippen molar-refractivity contribution in [2.75, 3.05) is 0 Å². The number of rotatable bonds is 4. The molecule has 0 aliphatic carbocycles. The van der Waals surface area contributed by atoms with Gasteiger partial charge in [-0.25, -0.2) is 14.0 Å². The first kappa shape index (κ1) is 20.8. The van der Waals surface area contributed by atoms with E-state index < -0.39 is 35.4 Å². The molecule has 25 heavy (non-hydrogen) atoms. The van der Waals surface area contributed by atoms with Crippen molar-refractivity contribution in [3.8, 4) is 0 Å². The Hall–Kier alpha value is -2.22. The third-order valence-electron chi connectivity index (χ3n) is 2.74. The molecule has 3 amide bonds. The Morgan fingerprint density at radius 2 is 1.92 bits per heavy atom. The molecule has 1 aromatic carbocycles. The lowest BCUT2D eigenvalue weighted by Crippen LogP contribution is -2.50. The SMILES string of the molecule is C[C@@H](OC(=O)/C=C/c1cc(Br)ccc1F)C(=O)NC(=O)NC(C)(C)C. The first-order chi connectivity index (χ1) is 11.5. The molecule has 0 radical (unpaired) electrons. The molecule has 2 N–H and O–H groups in total. The maximum atomic E-state index is 13.6. The first-order valence-corrected chi connectivity index (χ1v) is 8.24. The Bertz CT molecular complexity index is 698. The number of ether oxygens (including phenoxy) is 1. The standard InChI is InChI=1S/C17H20BrFN2O4/c1-10(15(23)20-16(24)21-17(2,3)4)25-14(22)8-5-11-9-12(18)6-7-13(11)19/h5-10H,1-4H3,(H2,20,21,23,24)/b8-5+/t10-/m1/s1. The average molecular weight is 415 g/mol. The molecule has 6 nitrogen and oxygen atoms in total. The minimum atomic E-state index is -1.18. The van der Waals surface area contributed by atoms with E-state index in [4.69, 9.17) is 4.74 Å². The van der Waals surface area contributed by atoms with Crippen LogP contribution in [0.1, 0.15) is 33.3 Å². The Morgan fingerprint density at radius 1 is 1.28 bits per heavy atom. The summed E-state index contributed by atoms with van der Waals surface area (Å²) in [6.07, 6.45) is 1.05. The molecule has 1 aromatic rings. The predicted octanol–water partition coefficient (Wildman–Crippen LogP) is 3.16. The van der Waals surface area contributed by atoms with Gasteiger partial charge in [-0.2, -0.15) is 0 Å². The number of carbonyl (C=O) groups is 3. The van der Waals surface area contributed by atoms with Crippen molar-refractivity contribution in [2.45, 2.75) is 39.3 Å². The number of hydrogen-bond donors (Lipinski definition) is 2. The maximum Gasteiger partial charge on any atom is 0.331 e. The van der Waals surface area contributed by atoms with E-state index in [9.17, 15) is 18.8 Å². The summed E-state index contributed by atoms with van der Waals surface area (Å²) in [4.78, 5) is 35.1. The zero-order valence-electron chi connectivity index (χ0n) is 14.4. The number of urea groups is 1. The Morgan fingerprint density at radius 3 is 2.52 bits per heavy atom. The van der Waals surface area contributed by atoms with Gasteiger partial charge in [0.25, 0.3) is 5.91 Å². The van der Waals surface area contributed by atoms with E-state index >= 15 is 0 Å². The average Bonchev–Trinajstić information content (AvgIpc) is 2.46. The molecule has 1 rings (SSSR count). The van der Waals surface area contributed by atoms with E-state index in [1.807, 2.05) is 0 Å². The number of benzene rings is 1. The van der Waals surface area contributed by atoms with Gasteiger partial charge in [-0.3, -0.25) is 10.1 Å². The topological polar surface area (TPSA) is 84.5 Å². The summed E-state index contributed by atoms with van der Waals surface area (Å²) >= 11 is 3.20. The number of nitrogens with one attached hydrogen (secondary N) is 2. The smallest absolute Gasteiger partial charge is 0.331 e. The van der Waals surface area contributed by atoms with Crippen molar-refractivity contribution in [2.24, 2.45) is 0 Å². The van der Waals surface area contributed by atoms with Gasteiger partial charge >= 0.3 is 12.0 Å². The Balaban J connectivity index is 2.58. The van der Waals surface area contributed by atoms with Crippen LogP contribution in [0.15, 0.2) is 28.7 Å². The maximum absolute atomic E-state index is 13.6. The van der Waals surface area contributed by atoms with Crippen LogP contribution in [0.3, 0.4) is 0 Å². The molecule has 0 aliphatic heterocycles. The van der Waals surface area contributed by atoms with Crippen LogP contribution in [-0.2, 0) is 14.3 Å². The Kier molecular flexibility index (Phi) is 7.29. The molecular formula is C17H20BrFN2O4. The zero-order chi connectivity index (χ0) is 19.2. The molecule has 0 aromatic heterocycles. The molecule has 1 atom stereocenters. The van der Waals surface area contributed by atoms with Gasteiger partial charge in [0.15, 0.2) is 6.10 Å². The van der Waals surface area contributed by atoms with Crippen LogP contribution < -0.4 is 10.6 Å². The quantitative estimate of drug-likeness (QED) is 0.585. The fourth-order valence-electron chi connectivity index (χ4n) is 1.65. The van der Waals surface area contributed by atoms with E-state index in [0.29, 0.717) is 4.47 Å². The minimum absolute atomic E-state index is 0.188.